The number of halogens is 2. The third-order valence-electron chi connectivity index (χ3n) is 4.62. The monoisotopic (exact) mass is 404 g/mol. The van der Waals surface area contributed by atoms with E-state index >= 15 is 0 Å². The number of nitrogens with zero attached hydrogens (tertiary/aromatic N) is 2. The zero-order valence-corrected chi connectivity index (χ0v) is 16.3. The highest BCUT2D eigenvalue weighted by Gasteiger charge is 2.33. The van der Waals surface area contributed by atoms with E-state index in [1.165, 1.54) is 31.5 Å². The largest absolute Gasteiger partial charge is 0.493 e. The second-order valence-electron chi connectivity index (χ2n) is 6.66. The van der Waals surface area contributed by atoms with Gasteiger partial charge in [-0.25, -0.2) is 0 Å². The maximum atomic E-state index is 12.8. The molecule has 6 nitrogen and oxygen atoms in total. The van der Waals surface area contributed by atoms with Gasteiger partial charge in [-0.15, -0.1) is 0 Å². The molecule has 0 spiro atoms. The van der Waals surface area contributed by atoms with Crippen LogP contribution in [0.2, 0.25) is 0 Å². The smallest absolute Gasteiger partial charge is 0.387 e. The van der Waals surface area contributed by atoms with Crippen molar-refractivity contribution in [1.29, 1.82) is 0 Å². The minimum Gasteiger partial charge on any atom is -0.493 e. The Labute approximate surface area is 167 Å². The molecule has 0 bridgehead atoms. The van der Waals surface area contributed by atoms with Crippen molar-refractivity contribution in [2.75, 3.05) is 12.0 Å². The van der Waals surface area contributed by atoms with Gasteiger partial charge in [-0.3, -0.25) is 4.79 Å². The van der Waals surface area contributed by atoms with E-state index in [4.69, 9.17) is 9.57 Å². The SMILES string of the molecule is COc1cc(/C=N\O[C@@H](C)C(=O)N2c3ccccc3C[C@H]2C)ccc1OC(F)F. The lowest BCUT2D eigenvalue weighted by Gasteiger charge is -2.24. The van der Waals surface area contributed by atoms with Crippen molar-refractivity contribution in [3.05, 3.63) is 53.6 Å². The van der Waals surface area contributed by atoms with Gasteiger partial charge in [0.1, 0.15) is 0 Å². The van der Waals surface area contributed by atoms with Crippen LogP contribution in [0.5, 0.6) is 11.5 Å². The Morgan fingerprint density at radius 1 is 1.24 bits per heavy atom. The number of carbonyl (C=O) groups excluding carboxylic acids is 1. The molecule has 3 rings (SSSR count). The maximum Gasteiger partial charge on any atom is 0.387 e. The fourth-order valence-corrected chi connectivity index (χ4v) is 3.28. The van der Waals surface area contributed by atoms with Crippen LogP contribution in [0.4, 0.5) is 14.5 Å². The van der Waals surface area contributed by atoms with Gasteiger partial charge in [-0.1, -0.05) is 23.4 Å². The van der Waals surface area contributed by atoms with Crippen LogP contribution in [0.15, 0.2) is 47.6 Å². The number of ether oxygens (including phenoxy) is 2. The molecule has 0 aromatic heterocycles. The Balaban J connectivity index is 1.65. The highest BCUT2D eigenvalue weighted by atomic mass is 19.3. The van der Waals surface area contributed by atoms with Gasteiger partial charge in [-0.05, 0) is 50.1 Å². The molecule has 0 fully saturated rings. The quantitative estimate of drug-likeness (QED) is 0.517. The first-order valence-corrected chi connectivity index (χ1v) is 9.13. The Morgan fingerprint density at radius 3 is 2.72 bits per heavy atom. The molecule has 29 heavy (non-hydrogen) atoms. The van der Waals surface area contributed by atoms with Crippen molar-refractivity contribution in [2.24, 2.45) is 5.16 Å². The lowest BCUT2D eigenvalue weighted by molar-refractivity contribution is -0.129. The Morgan fingerprint density at radius 2 is 2.00 bits per heavy atom. The van der Waals surface area contributed by atoms with Gasteiger partial charge in [-0.2, -0.15) is 8.78 Å². The molecule has 154 valence electrons. The summed E-state index contributed by atoms with van der Waals surface area (Å²) >= 11 is 0. The van der Waals surface area contributed by atoms with E-state index in [1.807, 2.05) is 31.2 Å². The van der Waals surface area contributed by atoms with Crippen molar-refractivity contribution < 1.29 is 27.9 Å². The van der Waals surface area contributed by atoms with Gasteiger partial charge in [0.25, 0.3) is 5.91 Å². The second kappa shape index (κ2) is 8.89. The minimum atomic E-state index is -2.95. The van der Waals surface area contributed by atoms with E-state index in [9.17, 15) is 13.6 Å². The number of rotatable bonds is 7. The van der Waals surface area contributed by atoms with Crippen LogP contribution in [-0.4, -0.2) is 38.0 Å². The fourth-order valence-electron chi connectivity index (χ4n) is 3.28. The average Bonchev–Trinajstić information content (AvgIpc) is 3.03. The molecule has 1 amide bonds. The van der Waals surface area contributed by atoms with Crippen LogP contribution in [0.3, 0.4) is 0 Å². The molecule has 1 heterocycles. The predicted octanol–water partition coefficient (Wildman–Crippen LogP) is 4.01. The average molecular weight is 404 g/mol. The predicted molar refractivity (Wildman–Crippen MR) is 105 cm³/mol. The molecule has 8 heteroatoms. The number of benzene rings is 2. The summed E-state index contributed by atoms with van der Waals surface area (Å²) in [6.07, 6.45) is 1.38. The summed E-state index contributed by atoms with van der Waals surface area (Å²) in [5, 5.41) is 3.86. The molecule has 0 unspecified atom stereocenters. The summed E-state index contributed by atoms with van der Waals surface area (Å²) < 4.78 is 34.2. The number of carbonyl (C=O) groups is 1. The summed E-state index contributed by atoms with van der Waals surface area (Å²) in [4.78, 5) is 19.9. The molecular weight excluding hydrogens is 382 g/mol. The summed E-state index contributed by atoms with van der Waals surface area (Å²) in [5.74, 6) is -0.121. The van der Waals surface area contributed by atoms with E-state index in [2.05, 4.69) is 9.89 Å². The minimum absolute atomic E-state index is 0.0431. The first-order chi connectivity index (χ1) is 13.9. The molecule has 0 saturated carbocycles. The number of anilines is 1. The number of hydrogen-bond donors (Lipinski definition) is 0. The number of fused-ring (bicyclic) bond motifs is 1. The van der Waals surface area contributed by atoms with Crippen LogP contribution >= 0.6 is 0 Å². The van der Waals surface area contributed by atoms with Crippen LogP contribution < -0.4 is 14.4 Å². The van der Waals surface area contributed by atoms with Gasteiger partial charge in [0.05, 0.1) is 13.3 Å². The number of hydrogen-bond acceptors (Lipinski definition) is 5. The molecule has 0 saturated heterocycles. The molecule has 2 aromatic carbocycles. The van der Waals surface area contributed by atoms with Crippen molar-refractivity contribution in [1.82, 2.24) is 0 Å². The van der Waals surface area contributed by atoms with Gasteiger partial charge < -0.3 is 19.2 Å². The van der Waals surface area contributed by atoms with Gasteiger partial charge in [0.15, 0.2) is 11.5 Å². The Hall–Kier alpha value is -3.16. The highest BCUT2D eigenvalue weighted by Crippen LogP contribution is 2.32. The summed E-state index contributed by atoms with van der Waals surface area (Å²) in [6, 6.07) is 12.2. The molecular formula is C21H22F2N2O4. The number of amides is 1. The number of oxime groups is 1. The summed E-state index contributed by atoms with van der Waals surface area (Å²) in [5.41, 5.74) is 2.56. The van der Waals surface area contributed by atoms with E-state index < -0.39 is 12.7 Å². The number of alkyl halides is 2. The molecule has 0 radical (unpaired) electrons. The van der Waals surface area contributed by atoms with Gasteiger partial charge >= 0.3 is 6.61 Å². The fraction of sp³-hybridized carbons (Fsp3) is 0.333. The molecule has 0 N–H and O–H groups in total. The third-order valence-corrected chi connectivity index (χ3v) is 4.62. The lowest BCUT2D eigenvalue weighted by Crippen LogP contribution is -2.42. The highest BCUT2D eigenvalue weighted by molar-refractivity contribution is 5.98. The third kappa shape index (κ3) is 4.64. The normalized spacial score (nSPS) is 16.8. The van der Waals surface area contributed by atoms with E-state index in [1.54, 1.807) is 11.8 Å². The van der Waals surface area contributed by atoms with E-state index in [0.717, 1.165) is 17.7 Å². The van der Waals surface area contributed by atoms with Crippen molar-refractivity contribution in [3.8, 4) is 11.5 Å². The Kier molecular flexibility index (Phi) is 6.31. The Bertz CT molecular complexity index is 904. The number of methoxy groups -OCH3 is 1. The van der Waals surface area contributed by atoms with Crippen molar-refractivity contribution in [2.45, 2.75) is 39.0 Å². The van der Waals surface area contributed by atoms with E-state index in [0.29, 0.717) is 5.56 Å². The summed E-state index contributed by atoms with van der Waals surface area (Å²) in [7, 11) is 1.35. The zero-order valence-electron chi connectivity index (χ0n) is 16.3. The first kappa shape index (κ1) is 20.6. The first-order valence-electron chi connectivity index (χ1n) is 9.13. The topological polar surface area (TPSA) is 60.4 Å². The van der Waals surface area contributed by atoms with Gasteiger partial charge in [0, 0.05) is 17.3 Å². The summed E-state index contributed by atoms with van der Waals surface area (Å²) in [6.45, 7) is 0.674. The molecule has 0 aliphatic carbocycles. The molecule has 1 aliphatic heterocycles. The molecule has 2 aromatic rings. The lowest BCUT2D eigenvalue weighted by atomic mass is 10.1. The van der Waals surface area contributed by atoms with Crippen LogP contribution in [0, 0.1) is 0 Å². The van der Waals surface area contributed by atoms with Crippen LogP contribution in [0.1, 0.15) is 25.0 Å². The van der Waals surface area contributed by atoms with Crippen LogP contribution in [-0.2, 0) is 16.1 Å². The molecule has 2 atom stereocenters. The zero-order chi connectivity index (χ0) is 21.0. The standard InChI is InChI=1S/C21H22F2N2O4/c1-13-10-16-6-4-5-7-17(16)25(13)20(26)14(2)29-24-12-15-8-9-18(28-21(22)23)19(11-15)27-3/h4-9,11-14,21H,10H2,1-3H3/b24-12-/t13-,14+/m1/s1. The van der Waals surface area contributed by atoms with E-state index in [-0.39, 0.29) is 23.4 Å². The van der Waals surface area contributed by atoms with Gasteiger partial charge in [0.2, 0.25) is 6.10 Å². The van der Waals surface area contributed by atoms with Crippen molar-refractivity contribution >= 4 is 17.8 Å². The number of para-hydroxylation sites is 1. The molecule has 1 aliphatic rings. The second-order valence-corrected chi connectivity index (χ2v) is 6.66. The van der Waals surface area contributed by atoms with Crippen LogP contribution in [0.25, 0.3) is 0 Å². The van der Waals surface area contributed by atoms with Crippen molar-refractivity contribution in [3.63, 3.8) is 0 Å². The maximum absolute atomic E-state index is 12.8.